The molecule has 0 amide bonds. The quantitative estimate of drug-likeness (QED) is 0.0921. The molecule has 3 aliphatic heterocycles. The molecule has 1 aromatic heterocycles. The summed E-state index contributed by atoms with van der Waals surface area (Å²) in [5.41, 5.74) is -1.36. The van der Waals surface area contributed by atoms with E-state index in [4.69, 9.17) is 37.6 Å². The fraction of sp³-hybridized carbons (Fsp3) is 0.545. The molecule has 3 aliphatic rings. The number of phenols is 1. The van der Waals surface area contributed by atoms with E-state index in [1.165, 1.54) is 19.2 Å². The van der Waals surface area contributed by atoms with Crippen LogP contribution in [0.3, 0.4) is 0 Å². The van der Waals surface area contributed by atoms with Gasteiger partial charge in [-0.05, 0) is 18.2 Å². The van der Waals surface area contributed by atoms with Gasteiger partial charge < -0.3 is 98.9 Å². The first-order valence-electron chi connectivity index (χ1n) is 16.5. The third kappa shape index (κ3) is 7.39. The Morgan fingerprint density at radius 2 is 1.26 bits per heavy atom. The fourth-order valence-corrected chi connectivity index (χ4v) is 6.09. The third-order valence-corrected chi connectivity index (χ3v) is 9.22. The molecule has 0 radical (unpaired) electrons. The molecule has 0 spiro atoms. The summed E-state index contributed by atoms with van der Waals surface area (Å²) < 4.78 is 44.9. The maximum absolute atomic E-state index is 14.0. The zero-order valence-corrected chi connectivity index (χ0v) is 28.1. The molecular formula is C33H40O21. The Morgan fingerprint density at radius 3 is 1.83 bits per heavy atom. The first kappa shape index (κ1) is 39.8. The largest absolute Gasteiger partial charge is 0.507 e. The first-order chi connectivity index (χ1) is 25.7. The topological polar surface area (TPSA) is 338 Å². The molecule has 21 nitrogen and oxygen atoms in total. The Labute approximate surface area is 303 Å². The molecule has 54 heavy (non-hydrogen) atoms. The van der Waals surface area contributed by atoms with Crippen molar-refractivity contribution < 1.29 is 98.9 Å². The number of aliphatic hydroxyl groups excluding tert-OH is 11. The number of fused-ring (bicyclic) bond motifs is 1. The van der Waals surface area contributed by atoms with Crippen LogP contribution < -0.4 is 24.4 Å². The highest BCUT2D eigenvalue weighted by Crippen LogP contribution is 2.42. The van der Waals surface area contributed by atoms with E-state index in [0.717, 1.165) is 18.2 Å². The van der Waals surface area contributed by atoms with Crippen LogP contribution in [0.15, 0.2) is 39.5 Å². The molecule has 298 valence electrons. The van der Waals surface area contributed by atoms with Crippen LogP contribution in [0.1, 0.15) is 0 Å². The highest BCUT2D eigenvalue weighted by molar-refractivity contribution is 5.88. The molecule has 3 fully saturated rings. The molecule has 0 aliphatic carbocycles. The molecule has 21 heteroatoms. The third-order valence-electron chi connectivity index (χ3n) is 9.22. The van der Waals surface area contributed by atoms with Crippen molar-refractivity contribution in [2.45, 2.75) is 86.0 Å². The number of rotatable bonds is 10. The monoisotopic (exact) mass is 772 g/mol. The SMILES string of the molecule is COc1cc(O)c2c(=O)c(OC3OCC(O)C(O)C3O)c(-c3ccc(OC4OC(CO)C(O)C(O)C4O)c(OC4OC(CO)C(O)C(O)C4O)c3)oc2c1. The van der Waals surface area contributed by atoms with Crippen molar-refractivity contribution in [2.24, 2.45) is 0 Å². The summed E-state index contributed by atoms with van der Waals surface area (Å²) in [5.74, 6) is -2.45. The van der Waals surface area contributed by atoms with Crippen LogP contribution in [0.25, 0.3) is 22.3 Å². The number of benzene rings is 2. The molecule has 12 N–H and O–H groups in total. The zero-order chi connectivity index (χ0) is 39.2. The summed E-state index contributed by atoms with van der Waals surface area (Å²) in [6.07, 6.45) is -24.4. The van der Waals surface area contributed by atoms with Crippen LogP contribution in [0.5, 0.6) is 28.7 Å². The lowest BCUT2D eigenvalue weighted by Gasteiger charge is -2.41. The molecule has 0 bridgehead atoms. The Morgan fingerprint density at radius 1 is 0.685 bits per heavy atom. The van der Waals surface area contributed by atoms with Gasteiger partial charge in [0.1, 0.15) is 89.6 Å². The van der Waals surface area contributed by atoms with Crippen molar-refractivity contribution in [1.29, 1.82) is 0 Å². The summed E-state index contributed by atoms with van der Waals surface area (Å²) >= 11 is 0. The molecule has 2 aromatic carbocycles. The van der Waals surface area contributed by atoms with Crippen molar-refractivity contribution >= 4 is 11.0 Å². The molecule has 3 saturated heterocycles. The maximum atomic E-state index is 14.0. The summed E-state index contributed by atoms with van der Waals surface area (Å²) in [4.78, 5) is 14.0. The van der Waals surface area contributed by atoms with Gasteiger partial charge in [0, 0.05) is 17.7 Å². The van der Waals surface area contributed by atoms with Gasteiger partial charge in [-0.2, -0.15) is 0 Å². The number of aromatic hydroxyl groups is 1. The van der Waals surface area contributed by atoms with Gasteiger partial charge in [0.15, 0.2) is 17.3 Å². The summed E-state index contributed by atoms with van der Waals surface area (Å²) in [6, 6.07) is 5.88. The number of ether oxygens (including phenoxy) is 7. The van der Waals surface area contributed by atoms with Crippen LogP contribution in [0.2, 0.25) is 0 Å². The second-order valence-electron chi connectivity index (χ2n) is 12.8. The Kier molecular flexibility index (Phi) is 11.8. The average Bonchev–Trinajstić information content (AvgIpc) is 3.16. The molecular weight excluding hydrogens is 732 g/mol. The van der Waals surface area contributed by atoms with Crippen LogP contribution in [0, 0.1) is 0 Å². The molecule has 3 aromatic rings. The Bertz CT molecular complexity index is 1830. The van der Waals surface area contributed by atoms with Gasteiger partial charge in [-0.25, -0.2) is 0 Å². The number of aliphatic hydroxyl groups is 11. The smallest absolute Gasteiger partial charge is 0.239 e. The maximum Gasteiger partial charge on any atom is 0.239 e. The van der Waals surface area contributed by atoms with Gasteiger partial charge >= 0.3 is 0 Å². The van der Waals surface area contributed by atoms with E-state index in [0.29, 0.717) is 0 Å². The first-order valence-corrected chi connectivity index (χ1v) is 16.5. The minimum atomic E-state index is -1.95. The van der Waals surface area contributed by atoms with Crippen LogP contribution in [0.4, 0.5) is 0 Å². The number of hydrogen-bond acceptors (Lipinski definition) is 21. The van der Waals surface area contributed by atoms with Gasteiger partial charge in [0.2, 0.25) is 30.0 Å². The highest BCUT2D eigenvalue weighted by atomic mass is 16.7. The lowest BCUT2D eigenvalue weighted by molar-refractivity contribution is -0.282. The summed E-state index contributed by atoms with van der Waals surface area (Å²) in [7, 11) is 1.29. The average molecular weight is 773 g/mol. The van der Waals surface area contributed by atoms with E-state index >= 15 is 0 Å². The van der Waals surface area contributed by atoms with Gasteiger partial charge in [0.25, 0.3) is 0 Å². The molecule has 4 heterocycles. The lowest BCUT2D eigenvalue weighted by Crippen LogP contribution is -2.60. The minimum absolute atomic E-state index is 0.0702. The van der Waals surface area contributed by atoms with E-state index in [1.54, 1.807) is 0 Å². The molecule has 6 rings (SSSR count). The van der Waals surface area contributed by atoms with Crippen molar-refractivity contribution in [1.82, 2.24) is 0 Å². The minimum Gasteiger partial charge on any atom is -0.507 e. The fourth-order valence-electron chi connectivity index (χ4n) is 6.09. The zero-order valence-electron chi connectivity index (χ0n) is 28.1. The second kappa shape index (κ2) is 16.1. The van der Waals surface area contributed by atoms with E-state index in [-0.39, 0.29) is 22.6 Å². The predicted molar refractivity (Wildman–Crippen MR) is 173 cm³/mol. The van der Waals surface area contributed by atoms with Crippen molar-refractivity contribution in [3.05, 3.63) is 40.6 Å². The van der Waals surface area contributed by atoms with Gasteiger partial charge in [-0.15, -0.1) is 0 Å². The van der Waals surface area contributed by atoms with Crippen molar-refractivity contribution in [3.8, 4) is 40.1 Å². The molecule has 0 saturated carbocycles. The standard InChI is InChI=1S/C33H40O21/c1-47-11-5-12(36)19-16(6-11)49-29(30(23(19)41)54-31-26(44)20(38)13(37)9-48-31)10-2-3-14(50-32-27(45)24(42)21(39)17(7-34)52-32)15(4-10)51-33-28(46)25(43)22(40)18(8-35)53-33/h2-6,13,17-18,20-22,24-28,31-40,42-46H,7-9H2,1H3. The second-order valence-corrected chi connectivity index (χ2v) is 12.8. The number of hydrogen-bond donors (Lipinski definition) is 12. The Balaban J connectivity index is 1.49. The number of methoxy groups -OCH3 is 1. The predicted octanol–water partition coefficient (Wildman–Crippen LogP) is -4.65. The molecule has 14 atom stereocenters. The summed E-state index contributed by atoms with van der Waals surface area (Å²) in [5, 5.41) is 123. The lowest BCUT2D eigenvalue weighted by atomic mass is 9.99. The normalized spacial score (nSPS) is 35.8. The Hall–Kier alpha value is -3.91. The van der Waals surface area contributed by atoms with Crippen molar-refractivity contribution in [2.75, 3.05) is 26.9 Å². The highest BCUT2D eigenvalue weighted by Gasteiger charge is 2.47. The number of phenolic OH excluding ortho intramolecular Hbond substituents is 1. The van der Waals surface area contributed by atoms with Crippen LogP contribution >= 0.6 is 0 Å². The van der Waals surface area contributed by atoms with E-state index in [9.17, 15) is 66.1 Å². The van der Waals surface area contributed by atoms with Gasteiger partial charge in [-0.3, -0.25) is 4.79 Å². The van der Waals surface area contributed by atoms with E-state index in [2.05, 4.69) is 0 Å². The van der Waals surface area contributed by atoms with Crippen LogP contribution in [-0.4, -0.2) is 174 Å². The van der Waals surface area contributed by atoms with Gasteiger partial charge in [-0.1, -0.05) is 0 Å². The summed E-state index contributed by atoms with van der Waals surface area (Å²) in [6.45, 7) is -2.13. The van der Waals surface area contributed by atoms with Crippen molar-refractivity contribution in [3.63, 3.8) is 0 Å². The molecule has 14 unspecified atom stereocenters. The van der Waals surface area contributed by atoms with Gasteiger partial charge in [0.05, 0.1) is 26.9 Å². The van der Waals surface area contributed by atoms with Crippen LogP contribution in [-0.2, 0) is 14.2 Å². The van der Waals surface area contributed by atoms with E-state index in [1.807, 2.05) is 0 Å². The van der Waals surface area contributed by atoms with E-state index < -0.39 is 140 Å².